The maximum absolute atomic E-state index is 12.5. The van der Waals surface area contributed by atoms with Crippen LogP contribution in [0.15, 0.2) is 51.4 Å². The second-order valence-corrected chi connectivity index (χ2v) is 6.59. The number of carbonyl (C=O) groups is 1. The Labute approximate surface area is 169 Å². The van der Waals surface area contributed by atoms with Gasteiger partial charge < -0.3 is 13.7 Å². The van der Waals surface area contributed by atoms with Crippen molar-refractivity contribution < 1.29 is 18.5 Å². The molecule has 2 aromatic carbocycles. The van der Waals surface area contributed by atoms with Crippen molar-refractivity contribution in [2.45, 2.75) is 6.92 Å². The minimum absolute atomic E-state index is 0.0565. The zero-order valence-corrected chi connectivity index (χ0v) is 16.0. The molecule has 28 heavy (non-hydrogen) atoms. The Morgan fingerprint density at radius 2 is 1.89 bits per heavy atom. The molecule has 0 saturated heterocycles. The van der Waals surface area contributed by atoms with E-state index in [4.69, 9.17) is 36.9 Å². The molecule has 0 saturated carbocycles. The third-order valence-electron chi connectivity index (χ3n) is 3.86. The van der Waals surface area contributed by atoms with Crippen molar-refractivity contribution in [1.29, 1.82) is 0 Å². The van der Waals surface area contributed by atoms with E-state index in [2.05, 4.69) is 15.5 Å². The monoisotopic (exact) mass is 417 g/mol. The van der Waals surface area contributed by atoms with Gasteiger partial charge in [0.15, 0.2) is 11.1 Å². The van der Waals surface area contributed by atoms with E-state index in [1.54, 1.807) is 49.4 Å². The molecule has 4 aromatic rings. The topological polar surface area (TPSA) is 90.4 Å². The van der Waals surface area contributed by atoms with Gasteiger partial charge in [-0.15, -0.1) is 0 Å². The number of fused-ring (bicyclic) bond motifs is 1. The minimum atomic E-state index is -0.588. The van der Waals surface area contributed by atoms with Gasteiger partial charge in [-0.25, -0.2) is 4.79 Å². The second kappa shape index (κ2) is 7.53. The Bertz CT molecular complexity index is 1150. The van der Waals surface area contributed by atoms with Gasteiger partial charge in [0.05, 0.1) is 6.61 Å². The van der Waals surface area contributed by atoms with Crippen molar-refractivity contribution in [2.75, 3.05) is 11.9 Å². The van der Waals surface area contributed by atoms with Crippen LogP contribution in [0.5, 0.6) is 0 Å². The average Bonchev–Trinajstić information content (AvgIpc) is 3.26. The molecule has 0 spiro atoms. The molecule has 0 atom stereocenters. The van der Waals surface area contributed by atoms with Crippen LogP contribution >= 0.6 is 23.2 Å². The molecular formula is C19H13Cl2N3O4. The molecule has 0 radical (unpaired) electrons. The zero-order valence-electron chi connectivity index (χ0n) is 14.5. The number of hydrogen-bond donors (Lipinski definition) is 1. The van der Waals surface area contributed by atoms with Crippen LogP contribution in [0.2, 0.25) is 10.0 Å². The molecule has 0 unspecified atom stereocenters. The summed E-state index contributed by atoms with van der Waals surface area (Å²) < 4.78 is 16.1. The van der Waals surface area contributed by atoms with E-state index in [1.165, 1.54) is 0 Å². The molecule has 0 amide bonds. The van der Waals surface area contributed by atoms with Crippen LogP contribution in [0.3, 0.4) is 0 Å². The van der Waals surface area contributed by atoms with E-state index in [1.807, 2.05) is 0 Å². The van der Waals surface area contributed by atoms with Gasteiger partial charge in [-0.2, -0.15) is 4.98 Å². The number of carbonyl (C=O) groups excluding carboxylic acids is 1. The number of rotatable bonds is 5. The molecule has 0 aliphatic carbocycles. The first kappa shape index (κ1) is 18.3. The summed E-state index contributed by atoms with van der Waals surface area (Å²) in [6.07, 6.45) is 0. The Hall–Kier alpha value is -3.03. The Kier molecular flexibility index (Phi) is 4.93. The van der Waals surface area contributed by atoms with E-state index in [-0.39, 0.29) is 24.1 Å². The summed E-state index contributed by atoms with van der Waals surface area (Å²) in [6.45, 7) is 1.91. The normalized spacial score (nSPS) is 11.0. The van der Waals surface area contributed by atoms with Crippen LogP contribution in [0, 0.1) is 0 Å². The molecule has 4 rings (SSSR count). The maximum Gasteiger partial charge on any atom is 0.346 e. The van der Waals surface area contributed by atoms with E-state index in [9.17, 15) is 4.79 Å². The van der Waals surface area contributed by atoms with E-state index in [0.29, 0.717) is 32.4 Å². The van der Waals surface area contributed by atoms with Crippen molar-refractivity contribution in [3.8, 4) is 11.3 Å². The first-order valence-corrected chi connectivity index (χ1v) is 9.06. The van der Waals surface area contributed by atoms with Gasteiger partial charge in [0, 0.05) is 15.6 Å². The van der Waals surface area contributed by atoms with Crippen molar-refractivity contribution in [3.05, 3.63) is 58.1 Å². The highest BCUT2D eigenvalue weighted by Crippen LogP contribution is 2.33. The van der Waals surface area contributed by atoms with Gasteiger partial charge in [-0.1, -0.05) is 40.5 Å². The minimum Gasteiger partial charge on any atom is -0.462 e. The molecule has 0 bridgehead atoms. The first-order chi connectivity index (χ1) is 13.5. The largest absolute Gasteiger partial charge is 0.462 e. The predicted molar refractivity (Wildman–Crippen MR) is 105 cm³/mol. The number of benzene rings is 2. The van der Waals surface area contributed by atoms with E-state index in [0.717, 1.165) is 0 Å². The summed E-state index contributed by atoms with van der Waals surface area (Å²) in [5.41, 5.74) is 2.18. The summed E-state index contributed by atoms with van der Waals surface area (Å²) >= 11 is 11.9. The third-order valence-corrected chi connectivity index (χ3v) is 4.35. The molecule has 9 heteroatoms. The number of aromatic nitrogens is 2. The summed E-state index contributed by atoms with van der Waals surface area (Å²) in [5.74, 6) is -0.531. The highest BCUT2D eigenvalue weighted by atomic mass is 35.5. The summed E-state index contributed by atoms with van der Waals surface area (Å²) in [5, 5.41) is 7.95. The lowest BCUT2D eigenvalue weighted by atomic mass is 10.1. The highest BCUT2D eigenvalue weighted by molar-refractivity contribution is 6.31. The van der Waals surface area contributed by atoms with E-state index < -0.39 is 5.97 Å². The molecule has 2 heterocycles. The van der Waals surface area contributed by atoms with Crippen molar-refractivity contribution in [2.24, 2.45) is 0 Å². The van der Waals surface area contributed by atoms with Gasteiger partial charge in [0.1, 0.15) is 11.2 Å². The molecule has 7 nitrogen and oxygen atoms in total. The number of oxazole rings is 1. The molecule has 142 valence electrons. The lowest BCUT2D eigenvalue weighted by molar-refractivity contribution is 0.0528. The lowest BCUT2D eigenvalue weighted by Gasteiger charge is -2.04. The number of nitrogens with zero attached hydrogens (tertiary/aromatic N) is 2. The number of hydrogen-bond acceptors (Lipinski definition) is 7. The number of halogens is 2. The molecule has 0 fully saturated rings. The van der Waals surface area contributed by atoms with Gasteiger partial charge in [-0.05, 0) is 37.3 Å². The van der Waals surface area contributed by atoms with Crippen molar-refractivity contribution >= 4 is 52.2 Å². The molecule has 2 aromatic heterocycles. The third kappa shape index (κ3) is 3.54. The van der Waals surface area contributed by atoms with E-state index >= 15 is 0 Å². The number of esters is 1. The molecule has 1 N–H and O–H groups in total. The van der Waals surface area contributed by atoms with Crippen LogP contribution in [0.4, 0.5) is 11.9 Å². The number of anilines is 2. The predicted octanol–water partition coefficient (Wildman–Crippen LogP) is 5.71. The van der Waals surface area contributed by atoms with Gasteiger partial charge in [0.25, 0.3) is 0 Å². The van der Waals surface area contributed by atoms with Crippen LogP contribution in [0.1, 0.15) is 17.3 Å². The average molecular weight is 418 g/mol. The van der Waals surface area contributed by atoms with Gasteiger partial charge >= 0.3 is 12.0 Å². The van der Waals surface area contributed by atoms with Crippen molar-refractivity contribution in [1.82, 2.24) is 10.1 Å². The highest BCUT2D eigenvalue weighted by Gasteiger charge is 2.26. The molecular weight excluding hydrogens is 405 g/mol. The number of nitrogens with one attached hydrogen (secondary N) is 1. The van der Waals surface area contributed by atoms with Gasteiger partial charge in [-0.3, -0.25) is 5.32 Å². The summed E-state index contributed by atoms with van der Waals surface area (Å²) in [4.78, 5) is 16.8. The molecule has 0 aliphatic heterocycles. The number of ether oxygens (including phenoxy) is 1. The van der Waals surface area contributed by atoms with Crippen LogP contribution in [-0.2, 0) is 4.74 Å². The fraction of sp³-hybridized carbons (Fsp3) is 0.105. The van der Waals surface area contributed by atoms with Gasteiger partial charge in [0.2, 0.25) is 5.88 Å². The SMILES string of the molecule is CCOC(=O)c1c(-c2ccc(Cl)cc2)noc1Nc1nc2cc(Cl)ccc2o1. The standard InChI is InChI=1S/C19H13Cl2N3O4/c1-2-26-18(25)15-16(10-3-5-11(20)6-4-10)24-28-17(15)23-19-22-13-9-12(21)7-8-14(13)27-19/h3-9H,2H2,1H3,(H,22,23). The Balaban J connectivity index is 1.75. The Morgan fingerprint density at radius 1 is 1.14 bits per heavy atom. The zero-order chi connectivity index (χ0) is 19.7. The fourth-order valence-electron chi connectivity index (χ4n) is 2.62. The quantitative estimate of drug-likeness (QED) is 0.415. The fourth-order valence-corrected chi connectivity index (χ4v) is 2.92. The van der Waals surface area contributed by atoms with Crippen molar-refractivity contribution in [3.63, 3.8) is 0 Å². The first-order valence-electron chi connectivity index (χ1n) is 8.31. The maximum atomic E-state index is 12.5. The van der Waals surface area contributed by atoms with Crippen LogP contribution in [0.25, 0.3) is 22.4 Å². The Morgan fingerprint density at radius 3 is 2.64 bits per heavy atom. The second-order valence-electron chi connectivity index (χ2n) is 5.72. The van der Waals surface area contributed by atoms with Crippen LogP contribution < -0.4 is 5.32 Å². The summed E-state index contributed by atoms with van der Waals surface area (Å²) in [6, 6.07) is 12.0. The summed E-state index contributed by atoms with van der Waals surface area (Å²) in [7, 11) is 0. The lowest BCUT2D eigenvalue weighted by Crippen LogP contribution is -2.07. The van der Waals surface area contributed by atoms with Crippen LogP contribution in [-0.4, -0.2) is 22.7 Å². The smallest absolute Gasteiger partial charge is 0.346 e. The molecule has 0 aliphatic rings.